The molecule has 0 spiro atoms. The molecular formula is C20H25FN2O3S. The van der Waals surface area contributed by atoms with E-state index < -0.39 is 10.0 Å². The zero-order valence-corrected chi connectivity index (χ0v) is 16.2. The van der Waals surface area contributed by atoms with Crippen molar-refractivity contribution in [3.05, 3.63) is 71.5 Å². The summed E-state index contributed by atoms with van der Waals surface area (Å²) in [6.07, 6.45) is 2.63. The summed E-state index contributed by atoms with van der Waals surface area (Å²) in [6, 6.07) is 15.7. The molecule has 0 fully saturated rings. The lowest BCUT2D eigenvalue weighted by Gasteiger charge is -2.20. The Bertz CT molecular complexity index is 824. The van der Waals surface area contributed by atoms with E-state index in [0.29, 0.717) is 19.3 Å². The van der Waals surface area contributed by atoms with Crippen LogP contribution < -0.4 is 5.32 Å². The molecule has 0 aliphatic carbocycles. The van der Waals surface area contributed by atoms with Crippen LogP contribution in [0.2, 0.25) is 0 Å². The maximum atomic E-state index is 12.9. The molecule has 0 heterocycles. The van der Waals surface area contributed by atoms with Crippen LogP contribution in [-0.2, 0) is 27.7 Å². The first-order valence-electron chi connectivity index (χ1n) is 8.85. The van der Waals surface area contributed by atoms with Crippen molar-refractivity contribution < 1.29 is 17.6 Å². The molecule has 0 bridgehead atoms. The number of sulfonamides is 1. The molecule has 0 saturated heterocycles. The largest absolute Gasteiger partial charge is 0.355 e. The van der Waals surface area contributed by atoms with Gasteiger partial charge in [-0.15, -0.1) is 0 Å². The van der Waals surface area contributed by atoms with Crippen LogP contribution in [0, 0.1) is 5.82 Å². The van der Waals surface area contributed by atoms with Gasteiger partial charge < -0.3 is 5.32 Å². The molecule has 0 aliphatic rings. The van der Waals surface area contributed by atoms with Crippen molar-refractivity contribution in [2.24, 2.45) is 0 Å². The van der Waals surface area contributed by atoms with Crippen molar-refractivity contribution in [1.82, 2.24) is 9.62 Å². The average Bonchev–Trinajstić information content (AvgIpc) is 2.64. The number of carbonyl (C=O) groups excluding carboxylic acids is 1. The number of rotatable bonds is 10. The van der Waals surface area contributed by atoms with E-state index in [4.69, 9.17) is 0 Å². The van der Waals surface area contributed by atoms with Crippen molar-refractivity contribution >= 4 is 15.9 Å². The smallest absolute Gasteiger partial charge is 0.220 e. The topological polar surface area (TPSA) is 66.5 Å². The van der Waals surface area contributed by atoms with Crippen LogP contribution in [0.25, 0.3) is 0 Å². The summed E-state index contributed by atoms with van der Waals surface area (Å²) in [4.78, 5) is 11.9. The molecule has 0 aromatic heterocycles. The molecule has 0 radical (unpaired) electrons. The number of nitrogens with zero attached hydrogens (tertiary/aromatic N) is 1. The molecule has 146 valence electrons. The van der Waals surface area contributed by atoms with Gasteiger partial charge in [-0.3, -0.25) is 4.79 Å². The van der Waals surface area contributed by atoms with Crippen molar-refractivity contribution in [2.45, 2.75) is 19.3 Å². The van der Waals surface area contributed by atoms with E-state index >= 15 is 0 Å². The average molecular weight is 392 g/mol. The normalized spacial score (nSPS) is 11.5. The van der Waals surface area contributed by atoms with Gasteiger partial charge in [0.05, 0.1) is 6.26 Å². The second-order valence-corrected chi connectivity index (χ2v) is 8.36. The Morgan fingerprint density at radius 1 is 0.963 bits per heavy atom. The van der Waals surface area contributed by atoms with Gasteiger partial charge in [-0.25, -0.2) is 17.1 Å². The molecule has 0 unspecified atom stereocenters. The predicted octanol–water partition coefficient (Wildman–Crippen LogP) is 2.38. The van der Waals surface area contributed by atoms with E-state index in [1.54, 1.807) is 12.1 Å². The van der Waals surface area contributed by atoms with Gasteiger partial charge in [-0.05, 0) is 36.1 Å². The first-order valence-corrected chi connectivity index (χ1v) is 10.7. The monoisotopic (exact) mass is 392 g/mol. The summed E-state index contributed by atoms with van der Waals surface area (Å²) in [5, 5.41) is 2.77. The fourth-order valence-corrected chi connectivity index (χ4v) is 3.51. The van der Waals surface area contributed by atoms with Crippen molar-refractivity contribution in [1.29, 1.82) is 0 Å². The molecule has 0 aliphatic heterocycles. The second kappa shape index (κ2) is 10.2. The Kier molecular flexibility index (Phi) is 7.94. The first kappa shape index (κ1) is 21.1. The third-order valence-electron chi connectivity index (χ3n) is 4.20. The Balaban J connectivity index is 1.76. The molecule has 7 heteroatoms. The van der Waals surface area contributed by atoms with Crippen molar-refractivity contribution in [3.63, 3.8) is 0 Å². The summed E-state index contributed by atoms with van der Waals surface area (Å²) in [5.74, 6) is -0.428. The van der Waals surface area contributed by atoms with Crippen molar-refractivity contribution in [3.8, 4) is 0 Å². The second-order valence-electron chi connectivity index (χ2n) is 6.37. The Labute approximate surface area is 160 Å². The number of hydrogen-bond donors (Lipinski definition) is 1. The predicted molar refractivity (Wildman–Crippen MR) is 104 cm³/mol. The van der Waals surface area contributed by atoms with Gasteiger partial charge >= 0.3 is 0 Å². The molecule has 5 nitrogen and oxygen atoms in total. The highest BCUT2D eigenvalue weighted by Gasteiger charge is 2.16. The number of carbonyl (C=O) groups is 1. The number of nitrogens with one attached hydrogen (secondary N) is 1. The third-order valence-corrected chi connectivity index (χ3v) is 5.50. The summed E-state index contributed by atoms with van der Waals surface area (Å²) >= 11 is 0. The summed E-state index contributed by atoms with van der Waals surface area (Å²) in [6.45, 7) is 0.742. The summed E-state index contributed by atoms with van der Waals surface area (Å²) in [5.41, 5.74) is 1.95. The minimum Gasteiger partial charge on any atom is -0.355 e. The SMILES string of the molecule is CS(=O)(=O)N(CCNC(=O)CCc1ccccc1)CCc1ccc(F)cc1. The molecule has 1 N–H and O–H groups in total. The highest BCUT2D eigenvalue weighted by Crippen LogP contribution is 2.07. The molecule has 2 rings (SSSR count). The maximum Gasteiger partial charge on any atom is 0.220 e. The fourth-order valence-electron chi connectivity index (χ4n) is 2.66. The quantitative estimate of drug-likeness (QED) is 0.675. The van der Waals surface area contributed by atoms with Crippen molar-refractivity contribution in [2.75, 3.05) is 25.9 Å². The van der Waals surface area contributed by atoms with Crippen LogP contribution in [-0.4, -0.2) is 44.5 Å². The lowest BCUT2D eigenvalue weighted by atomic mass is 10.1. The van der Waals surface area contributed by atoms with Gasteiger partial charge in [0.2, 0.25) is 15.9 Å². The van der Waals surface area contributed by atoms with Gasteiger partial charge in [0.1, 0.15) is 5.82 Å². The number of amides is 1. The minimum absolute atomic E-state index is 0.106. The van der Waals surface area contributed by atoms with E-state index in [0.717, 1.165) is 17.4 Å². The van der Waals surface area contributed by atoms with E-state index in [1.807, 2.05) is 30.3 Å². The van der Waals surface area contributed by atoms with E-state index in [-0.39, 0.29) is 31.4 Å². The van der Waals surface area contributed by atoms with E-state index in [2.05, 4.69) is 5.32 Å². The van der Waals surface area contributed by atoms with E-state index in [9.17, 15) is 17.6 Å². The van der Waals surface area contributed by atoms with Gasteiger partial charge in [0.15, 0.2) is 0 Å². The minimum atomic E-state index is -3.39. The molecular weight excluding hydrogens is 367 g/mol. The number of aryl methyl sites for hydroxylation is 1. The molecule has 0 saturated carbocycles. The lowest BCUT2D eigenvalue weighted by molar-refractivity contribution is -0.121. The summed E-state index contributed by atoms with van der Waals surface area (Å²) < 4.78 is 38.2. The molecule has 1 amide bonds. The third kappa shape index (κ3) is 7.88. The van der Waals surface area contributed by atoms with E-state index in [1.165, 1.54) is 16.4 Å². The Hall–Kier alpha value is -2.25. The molecule has 2 aromatic rings. The standard InChI is InChI=1S/C20H25FN2O3S/c1-27(25,26)23(15-13-18-7-10-19(21)11-8-18)16-14-22-20(24)12-9-17-5-3-2-4-6-17/h2-8,10-11H,9,12-16H2,1H3,(H,22,24). The zero-order valence-electron chi connectivity index (χ0n) is 15.4. The molecule has 2 aromatic carbocycles. The maximum absolute atomic E-state index is 12.9. The summed E-state index contributed by atoms with van der Waals surface area (Å²) in [7, 11) is -3.39. The number of halogens is 1. The Morgan fingerprint density at radius 3 is 2.22 bits per heavy atom. The van der Waals surface area contributed by atoms with Gasteiger partial charge in [-0.1, -0.05) is 42.5 Å². The van der Waals surface area contributed by atoms with Crippen LogP contribution in [0.5, 0.6) is 0 Å². The zero-order chi connectivity index (χ0) is 19.7. The van der Waals surface area contributed by atoms with Crippen LogP contribution >= 0.6 is 0 Å². The van der Waals surface area contributed by atoms with Crippen LogP contribution in [0.4, 0.5) is 4.39 Å². The number of hydrogen-bond acceptors (Lipinski definition) is 3. The highest BCUT2D eigenvalue weighted by atomic mass is 32.2. The van der Waals surface area contributed by atoms with Crippen LogP contribution in [0.1, 0.15) is 17.5 Å². The highest BCUT2D eigenvalue weighted by molar-refractivity contribution is 7.88. The van der Waals surface area contributed by atoms with Crippen LogP contribution in [0.3, 0.4) is 0 Å². The lowest BCUT2D eigenvalue weighted by Crippen LogP contribution is -2.39. The number of benzene rings is 2. The van der Waals surface area contributed by atoms with Crippen LogP contribution in [0.15, 0.2) is 54.6 Å². The fraction of sp³-hybridized carbons (Fsp3) is 0.350. The van der Waals surface area contributed by atoms with Gasteiger partial charge in [-0.2, -0.15) is 0 Å². The first-order chi connectivity index (χ1) is 12.8. The molecule has 0 atom stereocenters. The van der Waals surface area contributed by atoms with Gasteiger partial charge in [0, 0.05) is 26.1 Å². The Morgan fingerprint density at radius 2 is 1.59 bits per heavy atom. The van der Waals surface area contributed by atoms with Gasteiger partial charge in [0.25, 0.3) is 0 Å². The molecule has 27 heavy (non-hydrogen) atoms.